The van der Waals surface area contributed by atoms with Gasteiger partial charge in [0.15, 0.2) is 0 Å². The van der Waals surface area contributed by atoms with Crippen LogP contribution in [0.1, 0.15) is 13.8 Å². The van der Waals surface area contributed by atoms with Gasteiger partial charge in [0.1, 0.15) is 28.9 Å². The number of aromatic nitrogens is 3. The van der Waals surface area contributed by atoms with E-state index in [9.17, 15) is 4.79 Å². The molecule has 3 aromatic rings. The topological polar surface area (TPSA) is 78.3 Å². The molecule has 7 nitrogen and oxygen atoms in total. The third-order valence-electron chi connectivity index (χ3n) is 3.77. The zero-order valence-corrected chi connectivity index (χ0v) is 16.4. The number of carbonyl (C=O) groups excluding carboxylic acids is 1. The molecule has 1 aromatic carbocycles. The van der Waals surface area contributed by atoms with E-state index in [1.807, 2.05) is 49.6 Å². The van der Waals surface area contributed by atoms with Crippen LogP contribution in [0.4, 0.5) is 5.82 Å². The number of rotatable bonds is 8. The molecule has 0 aliphatic rings. The molecule has 3 rings (SSSR count). The summed E-state index contributed by atoms with van der Waals surface area (Å²) in [5, 5.41) is 10.0. The smallest absolute Gasteiger partial charge is 0.251 e. The van der Waals surface area contributed by atoms with Gasteiger partial charge in [0.25, 0.3) is 5.91 Å². The van der Waals surface area contributed by atoms with Crippen molar-refractivity contribution in [3.05, 3.63) is 35.7 Å². The van der Waals surface area contributed by atoms with E-state index in [0.29, 0.717) is 24.7 Å². The maximum absolute atomic E-state index is 11.8. The van der Waals surface area contributed by atoms with Gasteiger partial charge >= 0.3 is 0 Å². The number of amides is 1. The minimum absolute atomic E-state index is 0.0240. The van der Waals surface area contributed by atoms with E-state index >= 15 is 0 Å². The monoisotopic (exact) mass is 386 g/mol. The van der Waals surface area contributed by atoms with Gasteiger partial charge in [-0.15, -0.1) is 11.3 Å². The van der Waals surface area contributed by atoms with Crippen LogP contribution in [0.3, 0.4) is 0 Å². The molecule has 1 N–H and O–H groups in total. The molecule has 0 fully saturated rings. The van der Waals surface area contributed by atoms with Crippen molar-refractivity contribution in [2.24, 2.45) is 7.05 Å². The first-order chi connectivity index (χ1) is 13.1. The lowest BCUT2D eigenvalue weighted by atomic mass is 10.2. The van der Waals surface area contributed by atoms with Crippen molar-refractivity contribution in [2.45, 2.75) is 13.8 Å². The number of nitrogens with one attached hydrogen (secondary N) is 1. The third-order valence-corrected chi connectivity index (χ3v) is 4.63. The Bertz CT molecular complexity index is 902. The highest BCUT2D eigenvalue weighted by Crippen LogP contribution is 2.30. The second-order valence-corrected chi connectivity index (χ2v) is 6.58. The molecule has 0 aliphatic heterocycles. The molecule has 8 heteroatoms. The molecule has 0 saturated carbocycles. The molecule has 0 saturated heterocycles. The average molecular weight is 386 g/mol. The van der Waals surface area contributed by atoms with Gasteiger partial charge in [0.2, 0.25) is 0 Å². The Labute approximate surface area is 162 Å². The normalized spacial score (nSPS) is 10.8. The molecule has 142 valence electrons. The van der Waals surface area contributed by atoms with Gasteiger partial charge in [-0.1, -0.05) is 0 Å². The quantitative estimate of drug-likeness (QED) is 0.640. The zero-order chi connectivity index (χ0) is 19.2. The van der Waals surface area contributed by atoms with Crippen LogP contribution >= 0.6 is 11.3 Å². The van der Waals surface area contributed by atoms with Crippen molar-refractivity contribution in [3.8, 4) is 27.7 Å². The van der Waals surface area contributed by atoms with E-state index < -0.39 is 0 Å². The van der Waals surface area contributed by atoms with Crippen LogP contribution in [0.25, 0.3) is 22.0 Å². The Hall–Kier alpha value is -2.71. The van der Waals surface area contributed by atoms with Gasteiger partial charge in [0.05, 0.1) is 12.3 Å². The molecule has 0 bridgehead atoms. The maximum Gasteiger partial charge on any atom is 0.251 e. The summed E-state index contributed by atoms with van der Waals surface area (Å²) in [5.74, 6) is 1.24. The summed E-state index contributed by atoms with van der Waals surface area (Å²) >= 11 is 1.51. The predicted octanol–water partition coefficient (Wildman–Crippen LogP) is 3.58. The van der Waals surface area contributed by atoms with Crippen LogP contribution in [0, 0.1) is 0 Å². The number of thiazole rings is 1. The number of hydrogen-bond acceptors (Lipinski definition) is 6. The van der Waals surface area contributed by atoms with Crippen molar-refractivity contribution < 1.29 is 14.3 Å². The summed E-state index contributed by atoms with van der Waals surface area (Å²) in [6.45, 7) is 4.97. The molecule has 0 atom stereocenters. The molecule has 0 spiro atoms. The van der Waals surface area contributed by atoms with E-state index in [4.69, 9.17) is 9.47 Å². The summed E-state index contributed by atoms with van der Waals surface area (Å²) in [5.41, 5.74) is 2.61. The highest BCUT2D eigenvalue weighted by molar-refractivity contribution is 7.13. The Morgan fingerprint density at radius 2 is 1.96 bits per heavy atom. The van der Waals surface area contributed by atoms with Crippen molar-refractivity contribution in [1.29, 1.82) is 0 Å². The van der Waals surface area contributed by atoms with E-state index in [1.165, 1.54) is 11.3 Å². The van der Waals surface area contributed by atoms with Gasteiger partial charge in [0, 0.05) is 30.7 Å². The van der Waals surface area contributed by atoms with E-state index in [1.54, 1.807) is 11.7 Å². The summed E-state index contributed by atoms with van der Waals surface area (Å²) in [6.07, 6.45) is 0. The summed E-state index contributed by atoms with van der Waals surface area (Å²) < 4.78 is 12.2. The van der Waals surface area contributed by atoms with Gasteiger partial charge in [-0.3, -0.25) is 9.48 Å². The Morgan fingerprint density at radius 3 is 2.67 bits per heavy atom. The Morgan fingerprint density at radius 1 is 1.19 bits per heavy atom. The molecule has 2 heterocycles. The largest absolute Gasteiger partial charge is 0.494 e. The zero-order valence-electron chi connectivity index (χ0n) is 15.6. The number of aryl methyl sites for hydroxylation is 1. The highest BCUT2D eigenvalue weighted by Gasteiger charge is 2.14. The fourth-order valence-electron chi connectivity index (χ4n) is 2.48. The standard InChI is InChI=1S/C19H22N4O3S/c1-4-25-11-18(24)21-17-10-15(22-23(17)3)19-20-16(12-27-19)13-6-8-14(9-7-13)26-5-2/h6-10,12H,4-5,11H2,1-3H3,(H,21,24). The number of nitrogens with zero attached hydrogens (tertiary/aromatic N) is 3. The molecule has 0 unspecified atom stereocenters. The van der Waals surface area contributed by atoms with E-state index in [-0.39, 0.29) is 12.5 Å². The highest BCUT2D eigenvalue weighted by atomic mass is 32.1. The van der Waals surface area contributed by atoms with Crippen molar-refractivity contribution >= 4 is 23.1 Å². The number of ether oxygens (including phenoxy) is 2. The molecule has 27 heavy (non-hydrogen) atoms. The molecular weight excluding hydrogens is 364 g/mol. The fraction of sp³-hybridized carbons (Fsp3) is 0.316. The number of hydrogen-bond donors (Lipinski definition) is 1. The van der Waals surface area contributed by atoms with Crippen LogP contribution in [0.15, 0.2) is 35.7 Å². The van der Waals surface area contributed by atoms with Gasteiger partial charge in [-0.25, -0.2) is 4.98 Å². The number of anilines is 1. The summed E-state index contributed by atoms with van der Waals surface area (Å²) in [4.78, 5) is 16.5. The minimum atomic E-state index is -0.208. The first-order valence-electron chi connectivity index (χ1n) is 8.71. The fourth-order valence-corrected chi connectivity index (χ4v) is 3.26. The summed E-state index contributed by atoms with van der Waals surface area (Å²) in [6, 6.07) is 9.66. The van der Waals surface area contributed by atoms with Gasteiger partial charge < -0.3 is 14.8 Å². The van der Waals surface area contributed by atoms with Crippen LogP contribution in [-0.2, 0) is 16.6 Å². The number of carbonyl (C=O) groups is 1. The second-order valence-electron chi connectivity index (χ2n) is 5.72. The molecular formula is C19H22N4O3S. The maximum atomic E-state index is 11.8. The van der Waals surface area contributed by atoms with Crippen molar-refractivity contribution in [2.75, 3.05) is 25.1 Å². The minimum Gasteiger partial charge on any atom is -0.494 e. The van der Waals surface area contributed by atoms with Crippen LogP contribution in [0.5, 0.6) is 5.75 Å². The van der Waals surface area contributed by atoms with Crippen molar-refractivity contribution in [1.82, 2.24) is 14.8 Å². The Balaban J connectivity index is 1.74. The predicted molar refractivity (Wildman–Crippen MR) is 106 cm³/mol. The molecule has 1 amide bonds. The third kappa shape index (κ3) is 4.72. The first kappa shape index (κ1) is 19.1. The first-order valence-corrected chi connectivity index (χ1v) is 9.59. The van der Waals surface area contributed by atoms with E-state index in [2.05, 4.69) is 15.4 Å². The van der Waals surface area contributed by atoms with E-state index in [0.717, 1.165) is 22.0 Å². The summed E-state index contributed by atoms with van der Waals surface area (Å²) in [7, 11) is 1.78. The van der Waals surface area contributed by atoms with Crippen LogP contribution in [-0.4, -0.2) is 40.5 Å². The average Bonchev–Trinajstić information content (AvgIpc) is 3.28. The molecule has 2 aromatic heterocycles. The van der Waals surface area contributed by atoms with Gasteiger partial charge in [-0.05, 0) is 38.1 Å². The van der Waals surface area contributed by atoms with Gasteiger partial charge in [-0.2, -0.15) is 5.10 Å². The SMILES string of the molecule is CCOCC(=O)Nc1cc(-c2nc(-c3ccc(OCC)cc3)cs2)nn1C. The second kappa shape index (κ2) is 8.79. The van der Waals surface area contributed by atoms with Crippen molar-refractivity contribution in [3.63, 3.8) is 0 Å². The molecule has 0 radical (unpaired) electrons. The lowest BCUT2D eigenvalue weighted by Crippen LogP contribution is -2.19. The van der Waals surface area contributed by atoms with Crippen LogP contribution < -0.4 is 10.1 Å². The van der Waals surface area contributed by atoms with Crippen LogP contribution in [0.2, 0.25) is 0 Å². The lowest BCUT2D eigenvalue weighted by molar-refractivity contribution is -0.120. The number of benzene rings is 1. The Kier molecular flexibility index (Phi) is 6.20. The molecule has 0 aliphatic carbocycles. The lowest BCUT2D eigenvalue weighted by Gasteiger charge is -2.04.